The number of rotatable bonds is 4. The second kappa shape index (κ2) is 3.05. The average Bonchev–Trinajstić information content (AvgIpc) is 2.70. The van der Waals surface area contributed by atoms with Gasteiger partial charge in [-0.15, -0.1) is 0 Å². The Morgan fingerprint density at radius 2 is 2.20 bits per heavy atom. The topological polar surface area (TPSA) is 23.8 Å². The van der Waals surface area contributed by atoms with Gasteiger partial charge in [0.25, 0.3) is 0 Å². The molecule has 56 valence electrons. The SMILES string of the molecule is CCC1(CCCC#N)CC1. The van der Waals surface area contributed by atoms with Gasteiger partial charge in [0, 0.05) is 6.42 Å². The summed E-state index contributed by atoms with van der Waals surface area (Å²) >= 11 is 0. The van der Waals surface area contributed by atoms with Crippen molar-refractivity contribution in [2.24, 2.45) is 5.41 Å². The first kappa shape index (κ1) is 7.60. The molecular formula is C9H15N. The van der Waals surface area contributed by atoms with Gasteiger partial charge >= 0.3 is 0 Å². The van der Waals surface area contributed by atoms with Gasteiger partial charge in [-0.05, 0) is 31.1 Å². The normalized spacial score (nSPS) is 20.0. The molecule has 0 heterocycles. The fourth-order valence-electron chi connectivity index (χ4n) is 1.50. The van der Waals surface area contributed by atoms with E-state index in [1.807, 2.05) is 0 Å². The Hall–Kier alpha value is -0.510. The van der Waals surface area contributed by atoms with E-state index in [9.17, 15) is 0 Å². The van der Waals surface area contributed by atoms with Crippen LogP contribution in [0, 0.1) is 16.7 Å². The maximum Gasteiger partial charge on any atom is 0.0621 e. The first-order valence-corrected chi connectivity index (χ1v) is 4.20. The van der Waals surface area contributed by atoms with E-state index in [1.165, 1.54) is 25.7 Å². The van der Waals surface area contributed by atoms with E-state index in [1.54, 1.807) is 0 Å². The average molecular weight is 137 g/mol. The minimum Gasteiger partial charge on any atom is -0.198 e. The Kier molecular flexibility index (Phi) is 2.32. The van der Waals surface area contributed by atoms with Crippen molar-refractivity contribution in [1.29, 1.82) is 5.26 Å². The highest BCUT2D eigenvalue weighted by molar-refractivity contribution is 4.91. The van der Waals surface area contributed by atoms with Crippen LogP contribution in [0.1, 0.15) is 45.4 Å². The number of nitrogens with zero attached hydrogens (tertiary/aromatic N) is 1. The lowest BCUT2D eigenvalue weighted by Gasteiger charge is -2.08. The Morgan fingerprint density at radius 1 is 1.50 bits per heavy atom. The van der Waals surface area contributed by atoms with Gasteiger partial charge < -0.3 is 0 Å². The molecule has 0 aromatic heterocycles. The van der Waals surface area contributed by atoms with Crippen LogP contribution in [-0.2, 0) is 0 Å². The molecule has 0 aromatic carbocycles. The third-order valence-electron chi connectivity index (χ3n) is 2.70. The van der Waals surface area contributed by atoms with Gasteiger partial charge in [0.1, 0.15) is 0 Å². The monoisotopic (exact) mass is 137 g/mol. The fourth-order valence-corrected chi connectivity index (χ4v) is 1.50. The van der Waals surface area contributed by atoms with E-state index >= 15 is 0 Å². The first-order valence-electron chi connectivity index (χ1n) is 4.20. The van der Waals surface area contributed by atoms with E-state index < -0.39 is 0 Å². The Bertz CT molecular complexity index is 139. The molecule has 1 fully saturated rings. The predicted octanol–water partition coefficient (Wildman–Crippen LogP) is 2.87. The largest absolute Gasteiger partial charge is 0.198 e. The smallest absolute Gasteiger partial charge is 0.0621 e. The maximum absolute atomic E-state index is 8.31. The van der Waals surface area contributed by atoms with Gasteiger partial charge in [-0.1, -0.05) is 13.3 Å². The second-order valence-electron chi connectivity index (χ2n) is 3.37. The highest BCUT2D eigenvalue weighted by Gasteiger charge is 2.39. The summed E-state index contributed by atoms with van der Waals surface area (Å²) in [6.45, 7) is 2.26. The number of hydrogen-bond acceptors (Lipinski definition) is 1. The highest BCUT2D eigenvalue weighted by Crippen LogP contribution is 2.52. The van der Waals surface area contributed by atoms with E-state index in [2.05, 4.69) is 13.0 Å². The highest BCUT2D eigenvalue weighted by atomic mass is 14.4. The van der Waals surface area contributed by atoms with Crippen LogP contribution < -0.4 is 0 Å². The molecule has 0 atom stereocenters. The molecule has 1 saturated carbocycles. The minimum absolute atomic E-state index is 0.691. The lowest BCUT2D eigenvalue weighted by molar-refractivity contribution is 0.436. The van der Waals surface area contributed by atoms with E-state index in [0.717, 1.165) is 12.8 Å². The molecule has 1 aliphatic carbocycles. The summed E-state index contributed by atoms with van der Waals surface area (Å²) in [5, 5.41) is 8.31. The molecule has 0 aliphatic heterocycles. The zero-order chi connectivity index (χ0) is 7.45. The molecule has 10 heavy (non-hydrogen) atoms. The van der Waals surface area contributed by atoms with Crippen LogP contribution in [0.4, 0.5) is 0 Å². The van der Waals surface area contributed by atoms with Crippen molar-refractivity contribution in [2.45, 2.75) is 45.4 Å². The van der Waals surface area contributed by atoms with Gasteiger partial charge in [0.05, 0.1) is 6.07 Å². The number of unbranched alkanes of at least 4 members (excludes halogenated alkanes) is 1. The lowest BCUT2D eigenvalue weighted by atomic mass is 9.96. The summed E-state index contributed by atoms with van der Waals surface area (Å²) < 4.78 is 0. The second-order valence-corrected chi connectivity index (χ2v) is 3.37. The maximum atomic E-state index is 8.31. The van der Waals surface area contributed by atoms with Crippen molar-refractivity contribution in [3.63, 3.8) is 0 Å². The molecule has 0 aromatic rings. The van der Waals surface area contributed by atoms with Crippen LogP contribution in [0.25, 0.3) is 0 Å². The standard InChI is InChI=1S/C9H15N/c1-2-9(6-7-9)5-3-4-8-10/h2-7H2,1H3. The van der Waals surface area contributed by atoms with Crippen LogP contribution in [0.3, 0.4) is 0 Å². The molecule has 0 unspecified atom stereocenters. The molecule has 0 N–H and O–H groups in total. The van der Waals surface area contributed by atoms with Crippen LogP contribution in [0.15, 0.2) is 0 Å². The van der Waals surface area contributed by atoms with Gasteiger partial charge in [0.2, 0.25) is 0 Å². The van der Waals surface area contributed by atoms with Gasteiger partial charge in [-0.2, -0.15) is 5.26 Å². The number of nitriles is 1. The number of hydrogen-bond donors (Lipinski definition) is 0. The summed E-state index contributed by atoms with van der Waals surface area (Å²) in [6, 6.07) is 2.19. The summed E-state index contributed by atoms with van der Waals surface area (Å²) in [6.07, 6.45) is 7.30. The van der Waals surface area contributed by atoms with Crippen molar-refractivity contribution in [2.75, 3.05) is 0 Å². The third-order valence-corrected chi connectivity index (χ3v) is 2.70. The summed E-state index contributed by atoms with van der Waals surface area (Å²) in [4.78, 5) is 0. The van der Waals surface area contributed by atoms with Crippen LogP contribution in [0.2, 0.25) is 0 Å². The van der Waals surface area contributed by atoms with Gasteiger partial charge in [0.15, 0.2) is 0 Å². The summed E-state index contributed by atoms with van der Waals surface area (Å²) in [5.74, 6) is 0. The molecule has 0 saturated heterocycles. The molecule has 1 heteroatoms. The first-order chi connectivity index (χ1) is 4.83. The molecule has 0 spiro atoms. The quantitative estimate of drug-likeness (QED) is 0.546. The predicted molar refractivity (Wildman–Crippen MR) is 41.4 cm³/mol. The third kappa shape index (κ3) is 1.73. The summed E-state index contributed by atoms with van der Waals surface area (Å²) in [7, 11) is 0. The fraction of sp³-hybridized carbons (Fsp3) is 0.889. The Morgan fingerprint density at radius 3 is 2.60 bits per heavy atom. The molecule has 0 radical (unpaired) electrons. The minimum atomic E-state index is 0.691. The molecule has 1 aliphatic rings. The van der Waals surface area contributed by atoms with E-state index in [-0.39, 0.29) is 0 Å². The van der Waals surface area contributed by atoms with Crippen molar-refractivity contribution in [3.8, 4) is 6.07 Å². The van der Waals surface area contributed by atoms with Gasteiger partial charge in [-0.3, -0.25) is 0 Å². The lowest BCUT2D eigenvalue weighted by Crippen LogP contribution is -1.96. The van der Waals surface area contributed by atoms with Crippen LogP contribution in [-0.4, -0.2) is 0 Å². The molecule has 0 bridgehead atoms. The zero-order valence-electron chi connectivity index (χ0n) is 6.69. The molecular weight excluding hydrogens is 122 g/mol. The van der Waals surface area contributed by atoms with E-state index in [4.69, 9.17) is 5.26 Å². The van der Waals surface area contributed by atoms with E-state index in [0.29, 0.717) is 5.41 Å². The summed E-state index contributed by atoms with van der Waals surface area (Å²) in [5.41, 5.74) is 0.691. The molecule has 0 amide bonds. The van der Waals surface area contributed by atoms with Crippen LogP contribution >= 0.6 is 0 Å². The van der Waals surface area contributed by atoms with Gasteiger partial charge in [-0.25, -0.2) is 0 Å². The molecule has 1 nitrogen and oxygen atoms in total. The Labute approximate surface area is 63.0 Å². The van der Waals surface area contributed by atoms with Crippen molar-refractivity contribution in [1.82, 2.24) is 0 Å². The zero-order valence-corrected chi connectivity index (χ0v) is 6.69. The van der Waals surface area contributed by atoms with Crippen molar-refractivity contribution < 1.29 is 0 Å². The van der Waals surface area contributed by atoms with Crippen molar-refractivity contribution in [3.05, 3.63) is 0 Å². The van der Waals surface area contributed by atoms with Crippen molar-refractivity contribution >= 4 is 0 Å². The van der Waals surface area contributed by atoms with Crippen LogP contribution in [0.5, 0.6) is 0 Å². The molecule has 1 rings (SSSR count). The Balaban J connectivity index is 2.08.